The molecule has 0 bridgehead atoms. The summed E-state index contributed by atoms with van der Waals surface area (Å²) in [6.07, 6.45) is -9.39. The van der Waals surface area contributed by atoms with Crippen LogP contribution >= 0.6 is 0 Å². The maximum Gasteiger partial charge on any atom is 0.184 e. The smallest absolute Gasteiger partial charge is 0.184 e. The van der Waals surface area contributed by atoms with E-state index in [9.17, 15) is 4.79 Å². The van der Waals surface area contributed by atoms with Gasteiger partial charge in [-0.1, -0.05) is 0 Å². The second-order valence-corrected chi connectivity index (χ2v) is 4.10. The minimum Gasteiger partial charge on any atom is -0.394 e. The van der Waals surface area contributed by atoms with Gasteiger partial charge < -0.3 is 50.4 Å². The Kier molecular flexibility index (Phi) is 8.96. The highest BCUT2D eigenvalue weighted by Crippen LogP contribution is 2.18. The van der Waals surface area contributed by atoms with Gasteiger partial charge in [0.2, 0.25) is 0 Å². The van der Waals surface area contributed by atoms with Gasteiger partial charge in [-0.25, -0.2) is 0 Å². The number of rotatable bonds is 5. The molecule has 0 spiro atoms. The summed E-state index contributed by atoms with van der Waals surface area (Å²) in [5.41, 5.74) is 0. The number of aliphatic hydroxyl groups excluding tert-OH is 8. The highest BCUT2D eigenvalue weighted by molar-refractivity contribution is 5.56. The van der Waals surface area contributed by atoms with Crippen LogP contribution in [0.5, 0.6) is 0 Å². The van der Waals surface area contributed by atoms with E-state index in [1.807, 2.05) is 0 Å². The van der Waals surface area contributed by atoms with Crippen LogP contribution < -0.4 is 0 Å². The second-order valence-electron chi connectivity index (χ2n) is 4.10. The molecular formula is C10H20O10. The molecular weight excluding hydrogens is 280 g/mol. The fraction of sp³-hybridized carbons (Fsp3) is 0.900. The van der Waals surface area contributed by atoms with Gasteiger partial charge in [0, 0.05) is 0 Å². The highest BCUT2D eigenvalue weighted by atomic mass is 16.6. The summed E-state index contributed by atoms with van der Waals surface area (Å²) >= 11 is 0. The number of aldehydes is 1. The van der Waals surface area contributed by atoms with Crippen molar-refractivity contribution in [1.29, 1.82) is 0 Å². The van der Waals surface area contributed by atoms with Gasteiger partial charge in [0.15, 0.2) is 12.6 Å². The lowest BCUT2D eigenvalue weighted by Crippen LogP contribution is -2.40. The summed E-state index contributed by atoms with van der Waals surface area (Å²) in [7, 11) is 0. The van der Waals surface area contributed by atoms with Gasteiger partial charge in [-0.15, -0.1) is 0 Å². The zero-order valence-electron chi connectivity index (χ0n) is 10.4. The standard InChI is InChI=1S/2C5H10O5/c6-1-2-3(7)4(8)5(9)10-2;6-1-3(8)5(10)4(9)2-7/h2-9H,1H2;1,3-5,7-10H,2H2/t2-,3-,4-,5+;3-,4+,5-/m10/s1. The Morgan fingerprint density at radius 1 is 1.05 bits per heavy atom. The Morgan fingerprint density at radius 3 is 1.85 bits per heavy atom. The van der Waals surface area contributed by atoms with E-state index < -0.39 is 56.1 Å². The van der Waals surface area contributed by atoms with Crippen LogP contribution in [0.1, 0.15) is 0 Å². The van der Waals surface area contributed by atoms with Crippen molar-refractivity contribution in [2.24, 2.45) is 0 Å². The predicted molar refractivity (Wildman–Crippen MR) is 61.1 cm³/mol. The fourth-order valence-electron chi connectivity index (χ4n) is 1.30. The van der Waals surface area contributed by atoms with Crippen LogP contribution in [0.2, 0.25) is 0 Å². The quantitative estimate of drug-likeness (QED) is 0.228. The third-order valence-electron chi connectivity index (χ3n) is 2.59. The van der Waals surface area contributed by atoms with Gasteiger partial charge >= 0.3 is 0 Å². The van der Waals surface area contributed by atoms with Crippen LogP contribution in [-0.4, -0.2) is 103 Å². The van der Waals surface area contributed by atoms with Crippen LogP contribution in [0, 0.1) is 0 Å². The molecule has 20 heavy (non-hydrogen) atoms. The van der Waals surface area contributed by atoms with Crippen LogP contribution in [-0.2, 0) is 9.53 Å². The summed E-state index contributed by atoms with van der Waals surface area (Å²) in [4.78, 5) is 9.76. The topological polar surface area (TPSA) is 188 Å². The van der Waals surface area contributed by atoms with Crippen LogP contribution in [0.15, 0.2) is 0 Å². The van der Waals surface area contributed by atoms with Crippen LogP contribution in [0.4, 0.5) is 0 Å². The average molecular weight is 300 g/mol. The zero-order valence-corrected chi connectivity index (χ0v) is 10.4. The molecule has 1 saturated heterocycles. The largest absolute Gasteiger partial charge is 0.394 e. The second kappa shape index (κ2) is 9.28. The molecule has 1 aliphatic rings. The molecule has 1 fully saturated rings. The first-order valence-electron chi connectivity index (χ1n) is 5.71. The van der Waals surface area contributed by atoms with E-state index >= 15 is 0 Å². The van der Waals surface area contributed by atoms with Gasteiger partial charge in [-0.05, 0) is 0 Å². The third-order valence-corrected chi connectivity index (χ3v) is 2.59. The van der Waals surface area contributed by atoms with E-state index in [0.717, 1.165) is 0 Å². The van der Waals surface area contributed by atoms with Gasteiger partial charge in [0.1, 0.15) is 36.6 Å². The molecule has 10 heteroatoms. The van der Waals surface area contributed by atoms with Crippen molar-refractivity contribution in [3.63, 3.8) is 0 Å². The first-order chi connectivity index (χ1) is 9.29. The summed E-state index contributed by atoms with van der Waals surface area (Å²) in [5.74, 6) is 0. The van der Waals surface area contributed by atoms with Crippen LogP contribution in [0.3, 0.4) is 0 Å². The first-order valence-corrected chi connectivity index (χ1v) is 5.71. The maximum atomic E-state index is 9.76. The molecule has 0 aromatic heterocycles. The van der Waals surface area contributed by atoms with E-state index in [1.165, 1.54) is 0 Å². The van der Waals surface area contributed by atoms with Crippen molar-refractivity contribution in [3.8, 4) is 0 Å². The molecule has 120 valence electrons. The zero-order chi connectivity index (χ0) is 15.9. The number of carbonyl (C=O) groups excluding carboxylic acids is 1. The maximum absolute atomic E-state index is 9.76. The molecule has 0 radical (unpaired) electrons. The van der Waals surface area contributed by atoms with Gasteiger partial charge in [-0.3, -0.25) is 0 Å². The first kappa shape index (κ1) is 19.3. The Hall–Kier alpha value is -0.690. The average Bonchev–Trinajstić information content (AvgIpc) is 2.72. The molecule has 0 saturated carbocycles. The molecule has 1 heterocycles. The molecule has 7 atom stereocenters. The van der Waals surface area contributed by atoms with E-state index in [-0.39, 0.29) is 6.29 Å². The number of ether oxygens (including phenoxy) is 1. The molecule has 0 amide bonds. The van der Waals surface area contributed by atoms with E-state index in [1.54, 1.807) is 0 Å². The molecule has 0 aromatic rings. The van der Waals surface area contributed by atoms with Crippen LogP contribution in [0.25, 0.3) is 0 Å². The van der Waals surface area contributed by atoms with Crippen molar-refractivity contribution < 1.29 is 50.4 Å². The van der Waals surface area contributed by atoms with Crippen molar-refractivity contribution >= 4 is 6.29 Å². The molecule has 0 unspecified atom stereocenters. The Morgan fingerprint density at radius 2 is 1.60 bits per heavy atom. The Bertz CT molecular complexity index is 275. The van der Waals surface area contributed by atoms with Crippen molar-refractivity contribution in [3.05, 3.63) is 0 Å². The molecule has 0 aliphatic carbocycles. The van der Waals surface area contributed by atoms with E-state index in [2.05, 4.69) is 4.74 Å². The van der Waals surface area contributed by atoms with Crippen molar-refractivity contribution in [2.45, 2.75) is 42.9 Å². The highest BCUT2D eigenvalue weighted by Gasteiger charge is 2.41. The van der Waals surface area contributed by atoms with Crippen molar-refractivity contribution in [1.82, 2.24) is 0 Å². The van der Waals surface area contributed by atoms with Gasteiger partial charge in [0.05, 0.1) is 13.2 Å². The lowest BCUT2D eigenvalue weighted by Gasteiger charge is -2.16. The van der Waals surface area contributed by atoms with E-state index in [0.29, 0.717) is 0 Å². The SMILES string of the molecule is O=C[C@H](O)[C@H](O)[C@H](O)CO.OC[C@H]1O[C@H](O)[C@H](O)[C@@H]1O. The van der Waals surface area contributed by atoms with Gasteiger partial charge in [-0.2, -0.15) is 0 Å². The number of hydrogen-bond donors (Lipinski definition) is 8. The predicted octanol–water partition coefficient (Wildman–Crippen LogP) is -5.32. The minimum absolute atomic E-state index is 0.0869. The third kappa shape index (κ3) is 5.36. The summed E-state index contributed by atoms with van der Waals surface area (Å²) in [5, 5.41) is 69.0. The van der Waals surface area contributed by atoms with Gasteiger partial charge in [0.25, 0.3) is 0 Å². The summed E-state index contributed by atoms with van der Waals surface area (Å²) in [6, 6.07) is 0. The summed E-state index contributed by atoms with van der Waals surface area (Å²) < 4.78 is 4.54. The lowest BCUT2D eigenvalue weighted by molar-refractivity contribution is -0.132. The molecule has 10 nitrogen and oxygen atoms in total. The number of aliphatic hydroxyl groups is 8. The molecule has 0 aromatic carbocycles. The molecule has 8 N–H and O–H groups in total. The Labute approximate surface area is 114 Å². The summed E-state index contributed by atoms with van der Waals surface area (Å²) in [6.45, 7) is -1.10. The number of carbonyl (C=O) groups is 1. The molecule has 1 rings (SSSR count). The fourth-order valence-corrected chi connectivity index (χ4v) is 1.30. The lowest BCUT2D eigenvalue weighted by atomic mass is 10.1. The normalized spacial score (nSPS) is 33.8. The minimum atomic E-state index is -1.64. The van der Waals surface area contributed by atoms with Crippen molar-refractivity contribution in [2.75, 3.05) is 13.2 Å². The van der Waals surface area contributed by atoms with E-state index in [4.69, 9.17) is 40.9 Å². The monoisotopic (exact) mass is 300 g/mol. The Balaban J connectivity index is 0.000000361. The number of hydrogen-bond acceptors (Lipinski definition) is 10. The molecule has 1 aliphatic heterocycles.